The molecule has 1 heterocycles. The van der Waals surface area contributed by atoms with Crippen LogP contribution < -0.4 is 0 Å². The topological polar surface area (TPSA) is 33.6 Å². The second-order valence-electron chi connectivity index (χ2n) is 3.32. The van der Waals surface area contributed by atoms with Crippen LogP contribution in [-0.2, 0) is 6.54 Å². The summed E-state index contributed by atoms with van der Waals surface area (Å²) in [6.45, 7) is 2.23. The first-order valence-electron chi connectivity index (χ1n) is 4.85. The van der Waals surface area contributed by atoms with Crippen LogP contribution in [0.1, 0.15) is 6.92 Å². The summed E-state index contributed by atoms with van der Waals surface area (Å²) < 4.78 is 41.2. The van der Waals surface area contributed by atoms with Crippen molar-refractivity contribution < 1.29 is 13.2 Å². The van der Waals surface area contributed by atoms with Crippen LogP contribution in [0.2, 0.25) is 0 Å². The van der Waals surface area contributed by atoms with Gasteiger partial charge in [-0.05, 0) is 31.3 Å². The summed E-state index contributed by atoms with van der Waals surface area (Å²) in [4.78, 5) is 0. The molecule has 0 fully saturated rings. The summed E-state index contributed by atoms with van der Waals surface area (Å²) in [5.74, 6) is -3.87. The minimum Gasteiger partial charge on any atom is -0.300 e. The Kier molecular flexibility index (Phi) is 3.01. The van der Waals surface area contributed by atoms with E-state index in [9.17, 15) is 13.2 Å². The molecule has 1 aromatic heterocycles. The highest BCUT2D eigenvalue weighted by atomic mass is 32.1. The van der Waals surface area contributed by atoms with Crippen LogP contribution >= 0.6 is 12.2 Å². The molecule has 0 aliphatic rings. The van der Waals surface area contributed by atoms with Crippen molar-refractivity contribution in [3.05, 3.63) is 34.4 Å². The monoisotopic (exact) mass is 259 g/mol. The lowest BCUT2D eigenvalue weighted by Crippen LogP contribution is -2.01. The molecule has 0 atom stereocenters. The third kappa shape index (κ3) is 1.86. The van der Waals surface area contributed by atoms with E-state index in [2.05, 4.69) is 10.2 Å². The summed E-state index contributed by atoms with van der Waals surface area (Å²) in [5, 5.41) is 6.29. The number of nitrogens with zero attached hydrogens (tertiary/aromatic N) is 2. The number of aromatic nitrogens is 3. The van der Waals surface area contributed by atoms with Crippen molar-refractivity contribution in [3.63, 3.8) is 0 Å². The minimum absolute atomic E-state index is 0.127. The predicted octanol–water partition coefficient (Wildman–Crippen LogP) is 3.04. The van der Waals surface area contributed by atoms with Crippen molar-refractivity contribution in [1.82, 2.24) is 14.8 Å². The number of aromatic amines is 1. The van der Waals surface area contributed by atoms with E-state index < -0.39 is 17.5 Å². The molecule has 0 aliphatic carbocycles. The zero-order valence-corrected chi connectivity index (χ0v) is 9.61. The maximum absolute atomic E-state index is 13.6. The Labute approximate surface area is 99.9 Å². The average molecular weight is 259 g/mol. The third-order valence-electron chi connectivity index (χ3n) is 2.35. The van der Waals surface area contributed by atoms with E-state index in [0.29, 0.717) is 11.3 Å². The van der Waals surface area contributed by atoms with Crippen LogP contribution in [0.3, 0.4) is 0 Å². The number of hydrogen-bond acceptors (Lipinski definition) is 2. The van der Waals surface area contributed by atoms with E-state index in [1.54, 1.807) is 6.92 Å². The molecule has 2 aromatic rings. The van der Waals surface area contributed by atoms with Gasteiger partial charge < -0.3 is 4.57 Å². The molecular formula is C10H8F3N3S. The van der Waals surface area contributed by atoms with Crippen molar-refractivity contribution in [1.29, 1.82) is 0 Å². The Morgan fingerprint density at radius 3 is 2.65 bits per heavy atom. The number of nitrogens with one attached hydrogen (secondary N) is 1. The molecule has 0 saturated carbocycles. The average Bonchev–Trinajstić information content (AvgIpc) is 2.67. The van der Waals surface area contributed by atoms with Crippen molar-refractivity contribution in [2.24, 2.45) is 0 Å². The SMILES string of the molecule is CCn1c(-c2ccc(F)c(F)c2F)n[nH]c1=S. The fraction of sp³-hybridized carbons (Fsp3) is 0.200. The van der Waals surface area contributed by atoms with Gasteiger partial charge >= 0.3 is 0 Å². The fourth-order valence-electron chi connectivity index (χ4n) is 1.52. The number of halogens is 3. The molecule has 1 aromatic carbocycles. The Hall–Kier alpha value is -1.63. The summed E-state index contributed by atoms with van der Waals surface area (Å²) in [6.07, 6.45) is 0. The van der Waals surface area contributed by atoms with Crippen LogP contribution in [0.5, 0.6) is 0 Å². The zero-order chi connectivity index (χ0) is 12.6. The Bertz CT molecular complexity index is 618. The first kappa shape index (κ1) is 11.8. The lowest BCUT2D eigenvalue weighted by molar-refractivity contribution is 0.448. The summed E-state index contributed by atoms with van der Waals surface area (Å²) >= 11 is 4.93. The normalized spacial score (nSPS) is 10.8. The van der Waals surface area contributed by atoms with Crippen molar-refractivity contribution in [2.45, 2.75) is 13.5 Å². The second-order valence-corrected chi connectivity index (χ2v) is 3.71. The van der Waals surface area contributed by atoms with E-state index in [-0.39, 0.29) is 11.4 Å². The van der Waals surface area contributed by atoms with Gasteiger partial charge in [0, 0.05) is 6.54 Å². The molecule has 0 unspecified atom stereocenters. The molecule has 3 nitrogen and oxygen atoms in total. The molecule has 0 saturated heterocycles. The number of H-pyrrole nitrogens is 1. The van der Waals surface area contributed by atoms with E-state index in [1.165, 1.54) is 4.57 Å². The van der Waals surface area contributed by atoms with E-state index in [4.69, 9.17) is 12.2 Å². The van der Waals surface area contributed by atoms with Crippen LogP contribution in [-0.4, -0.2) is 14.8 Å². The van der Waals surface area contributed by atoms with E-state index in [1.807, 2.05) is 0 Å². The standard InChI is InChI=1S/C10H8F3N3S/c1-2-16-9(14-15-10(16)17)5-3-4-6(11)8(13)7(5)12/h3-4H,2H2,1H3,(H,15,17). The van der Waals surface area contributed by atoms with Crippen LogP contribution in [0.25, 0.3) is 11.4 Å². The van der Waals surface area contributed by atoms with Gasteiger partial charge in [-0.25, -0.2) is 13.2 Å². The van der Waals surface area contributed by atoms with E-state index in [0.717, 1.165) is 12.1 Å². The first-order chi connectivity index (χ1) is 8.06. The highest BCUT2D eigenvalue weighted by Crippen LogP contribution is 2.24. The third-order valence-corrected chi connectivity index (χ3v) is 2.66. The number of benzene rings is 1. The lowest BCUT2D eigenvalue weighted by Gasteiger charge is -2.05. The molecule has 0 amide bonds. The van der Waals surface area contributed by atoms with Crippen molar-refractivity contribution >= 4 is 12.2 Å². The maximum atomic E-state index is 13.6. The quantitative estimate of drug-likeness (QED) is 0.664. The van der Waals surface area contributed by atoms with Crippen molar-refractivity contribution in [2.75, 3.05) is 0 Å². The second kappa shape index (κ2) is 4.33. The molecule has 0 spiro atoms. The molecule has 0 aliphatic heterocycles. The lowest BCUT2D eigenvalue weighted by atomic mass is 10.2. The highest BCUT2D eigenvalue weighted by Gasteiger charge is 2.18. The van der Waals surface area contributed by atoms with Gasteiger partial charge in [-0.2, -0.15) is 5.10 Å². The Balaban J connectivity index is 2.69. The summed E-state index contributed by atoms with van der Waals surface area (Å²) in [7, 11) is 0. The van der Waals surface area contributed by atoms with Crippen molar-refractivity contribution in [3.8, 4) is 11.4 Å². The van der Waals surface area contributed by atoms with Gasteiger partial charge in [0.05, 0.1) is 5.56 Å². The Morgan fingerprint density at radius 1 is 1.29 bits per heavy atom. The van der Waals surface area contributed by atoms with Gasteiger partial charge in [-0.1, -0.05) is 0 Å². The van der Waals surface area contributed by atoms with Crippen LogP contribution in [0.4, 0.5) is 13.2 Å². The van der Waals surface area contributed by atoms with Gasteiger partial charge in [0.25, 0.3) is 0 Å². The molecule has 0 radical (unpaired) electrons. The largest absolute Gasteiger partial charge is 0.300 e. The van der Waals surface area contributed by atoms with Gasteiger partial charge in [0.1, 0.15) is 0 Å². The molecule has 7 heteroatoms. The van der Waals surface area contributed by atoms with Gasteiger partial charge in [0.15, 0.2) is 28.0 Å². The van der Waals surface area contributed by atoms with E-state index >= 15 is 0 Å². The molecule has 90 valence electrons. The zero-order valence-electron chi connectivity index (χ0n) is 8.80. The maximum Gasteiger partial charge on any atom is 0.195 e. The first-order valence-corrected chi connectivity index (χ1v) is 5.26. The highest BCUT2D eigenvalue weighted by molar-refractivity contribution is 7.71. The molecular weight excluding hydrogens is 251 g/mol. The smallest absolute Gasteiger partial charge is 0.195 e. The molecule has 0 bridgehead atoms. The Morgan fingerprint density at radius 2 is 2.00 bits per heavy atom. The predicted molar refractivity (Wildman–Crippen MR) is 58.4 cm³/mol. The molecule has 1 N–H and O–H groups in total. The number of rotatable bonds is 2. The summed E-state index contributed by atoms with van der Waals surface area (Å²) in [6, 6.07) is 1.98. The van der Waals surface area contributed by atoms with Gasteiger partial charge in [0.2, 0.25) is 0 Å². The fourth-order valence-corrected chi connectivity index (χ4v) is 1.78. The number of hydrogen-bond donors (Lipinski definition) is 1. The van der Waals surface area contributed by atoms with Gasteiger partial charge in [-0.15, -0.1) is 0 Å². The minimum atomic E-state index is -1.51. The van der Waals surface area contributed by atoms with Crippen LogP contribution in [0, 0.1) is 22.2 Å². The molecule has 17 heavy (non-hydrogen) atoms. The molecule has 2 rings (SSSR count). The van der Waals surface area contributed by atoms with Crippen LogP contribution in [0.15, 0.2) is 12.1 Å². The van der Waals surface area contributed by atoms with Gasteiger partial charge in [-0.3, -0.25) is 5.10 Å². The summed E-state index contributed by atoms with van der Waals surface area (Å²) in [5.41, 5.74) is -0.127.